The summed E-state index contributed by atoms with van der Waals surface area (Å²) in [5.74, 6) is -1.04. The fourth-order valence-corrected chi connectivity index (χ4v) is 0.799. The zero-order valence-electron chi connectivity index (χ0n) is 8.21. The van der Waals surface area contributed by atoms with Gasteiger partial charge < -0.3 is 11.5 Å². The van der Waals surface area contributed by atoms with Gasteiger partial charge in [-0.3, -0.25) is 19.6 Å². The maximum atomic E-state index is 10.6. The van der Waals surface area contributed by atoms with Gasteiger partial charge in [0, 0.05) is 11.1 Å². The van der Waals surface area contributed by atoms with Crippen LogP contribution in [0.3, 0.4) is 0 Å². The van der Waals surface area contributed by atoms with Crippen LogP contribution >= 0.6 is 0 Å². The van der Waals surface area contributed by atoms with Gasteiger partial charge in [-0.05, 0) is 24.3 Å². The molecule has 0 aliphatic carbocycles. The van der Waals surface area contributed by atoms with Crippen molar-refractivity contribution >= 4 is 69.6 Å². The van der Waals surface area contributed by atoms with Crippen LogP contribution in [0, 0.1) is 0 Å². The molecule has 0 saturated carbocycles. The van der Waals surface area contributed by atoms with Gasteiger partial charge in [-0.25, -0.2) is 5.48 Å². The number of hydrogen-bond donors (Lipinski definition) is 4. The third-order valence-electron chi connectivity index (χ3n) is 1.51. The van der Waals surface area contributed by atoms with Crippen LogP contribution in [-0.4, -0.2) is 74.8 Å². The Morgan fingerprint density at radius 3 is 1.41 bits per heavy atom. The van der Waals surface area contributed by atoms with Gasteiger partial charge in [-0.15, -0.1) is 0 Å². The Bertz CT molecular complexity index is 347. The number of hydroxylamine groups is 1. The molecule has 7 nitrogen and oxygen atoms in total. The molecular weight excluding hydrogens is 253 g/mol. The molecular formula is C9H12KN3O4. The van der Waals surface area contributed by atoms with E-state index in [9.17, 15) is 9.59 Å². The number of nitrogens with one attached hydrogen (secondary N) is 1. The molecule has 0 spiro atoms. The molecule has 1 aromatic rings. The van der Waals surface area contributed by atoms with E-state index in [2.05, 4.69) is 0 Å². The molecule has 0 aliphatic rings. The molecule has 17 heavy (non-hydrogen) atoms. The Morgan fingerprint density at radius 2 is 1.29 bits per heavy atom. The zero-order valence-corrected chi connectivity index (χ0v) is 8.21. The summed E-state index contributed by atoms with van der Waals surface area (Å²) in [5, 5.41) is 7.26. The summed E-state index contributed by atoms with van der Waals surface area (Å²) in [6, 6.07) is 5.84. The van der Waals surface area contributed by atoms with Crippen molar-refractivity contribution in [1.29, 1.82) is 0 Å². The van der Waals surface area contributed by atoms with Crippen LogP contribution in [0.15, 0.2) is 24.3 Å². The van der Waals surface area contributed by atoms with Crippen molar-refractivity contribution in [3.8, 4) is 0 Å². The second-order valence-electron chi connectivity index (χ2n) is 2.55. The molecule has 0 aliphatic heterocycles. The number of hydrogen-bond acceptors (Lipinski definition) is 4. The van der Waals surface area contributed by atoms with E-state index in [1.54, 1.807) is 0 Å². The molecule has 3 amide bonds. The van der Waals surface area contributed by atoms with Crippen LogP contribution in [0.2, 0.25) is 0 Å². The van der Waals surface area contributed by atoms with E-state index < -0.39 is 11.8 Å². The third kappa shape index (κ3) is 8.02. The molecule has 6 N–H and O–H groups in total. The van der Waals surface area contributed by atoms with Gasteiger partial charge in [-0.2, -0.15) is 0 Å². The van der Waals surface area contributed by atoms with E-state index in [1.165, 1.54) is 29.7 Å². The molecule has 0 unspecified atom stereocenters. The van der Waals surface area contributed by atoms with Crippen molar-refractivity contribution in [2.75, 3.05) is 0 Å². The monoisotopic (exact) mass is 265 g/mol. The van der Waals surface area contributed by atoms with Crippen LogP contribution in [-0.2, 0) is 4.79 Å². The minimum absolute atomic E-state index is 0. The quantitative estimate of drug-likeness (QED) is 0.225. The van der Waals surface area contributed by atoms with Crippen molar-refractivity contribution in [1.82, 2.24) is 5.48 Å². The van der Waals surface area contributed by atoms with Gasteiger partial charge in [0.25, 0.3) is 0 Å². The average molecular weight is 265 g/mol. The normalized spacial score (nSPS) is 7.82. The minimum atomic E-state index is -0.522. The van der Waals surface area contributed by atoms with Gasteiger partial charge in [-0.1, -0.05) is 0 Å². The second-order valence-corrected chi connectivity index (χ2v) is 2.55. The summed E-state index contributed by atoms with van der Waals surface area (Å²) in [4.78, 5) is 30.0. The first-order valence-electron chi connectivity index (χ1n) is 4.05. The van der Waals surface area contributed by atoms with E-state index in [4.69, 9.17) is 21.5 Å². The van der Waals surface area contributed by atoms with Gasteiger partial charge in [0.05, 0.1) is 0 Å². The van der Waals surface area contributed by atoms with Crippen molar-refractivity contribution < 1.29 is 19.6 Å². The van der Waals surface area contributed by atoms with Crippen molar-refractivity contribution in [3.63, 3.8) is 0 Å². The molecule has 88 valence electrons. The predicted octanol–water partition coefficient (Wildman–Crippen LogP) is -1.64. The Kier molecular flexibility index (Phi) is 11.4. The van der Waals surface area contributed by atoms with Gasteiger partial charge >= 0.3 is 51.4 Å². The number of carbonyl (C=O) groups is 3. The fraction of sp³-hybridized carbons (Fsp3) is 0. The van der Waals surface area contributed by atoms with E-state index >= 15 is 0 Å². The first kappa shape index (κ1) is 18.6. The number of amides is 3. The van der Waals surface area contributed by atoms with Crippen LogP contribution in [0.1, 0.15) is 20.7 Å². The van der Waals surface area contributed by atoms with Crippen LogP contribution in [0.25, 0.3) is 0 Å². The van der Waals surface area contributed by atoms with E-state index in [-0.39, 0.29) is 57.8 Å². The van der Waals surface area contributed by atoms with Crippen LogP contribution in [0.4, 0.5) is 0 Å². The standard InChI is InChI=1S/C8H8N2O2.CH3NO2.K.H/c9-7(11)5-1-2-6(4-3-5)8(10)12;3-1-2-4;;/h1-4H,(H2,9,11)(H2,10,12);1,4H,(H,2,3);;. The Morgan fingerprint density at radius 1 is 1.06 bits per heavy atom. The number of primary amides is 2. The summed E-state index contributed by atoms with van der Waals surface area (Å²) < 4.78 is 0. The van der Waals surface area contributed by atoms with Gasteiger partial charge in [0.15, 0.2) is 0 Å². The first-order valence-corrected chi connectivity index (χ1v) is 4.05. The predicted molar refractivity (Wildman–Crippen MR) is 61.6 cm³/mol. The van der Waals surface area contributed by atoms with E-state index in [0.717, 1.165) is 0 Å². The maximum absolute atomic E-state index is 10.6. The van der Waals surface area contributed by atoms with E-state index in [0.29, 0.717) is 11.1 Å². The summed E-state index contributed by atoms with van der Waals surface area (Å²) in [7, 11) is 0. The van der Waals surface area contributed by atoms with Gasteiger partial charge in [0.1, 0.15) is 0 Å². The average Bonchev–Trinajstić information content (AvgIpc) is 2.29. The van der Waals surface area contributed by atoms with Crippen molar-refractivity contribution in [3.05, 3.63) is 35.4 Å². The molecule has 8 heteroatoms. The Labute approximate surface area is 140 Å². The molecule has 1 aromatic carbocycles. The summed E-state index contributed by atoms with van der Waals surface area (Å²) in [5.41, 5.74) is 11.9. The Hall–Kier alpha value is -0.774. The van der Waals surface area contributed by atoms with Gasteiger partial charge in [0.2, 0.25) is 18.2 Å². The molecule has 0 atom stereocenters. The molecule has 0 fully saturated rings. The Balaban J connectivity index is 0. The number of rotatable bonds is 3. The van der Waals surface area contributed by atoms with Crippen LogP contribution in [0.5, 0.6) is 0 Å². The van der Waals surface area contributed by atoms with Crippen LogP contribution < -0.4 is 16.9 Å². The summed E-state index contributed by atoms with van der Waals surface area (Å²) >= 11 is 0. The summed E-state index contributed by atoms with van der Waals surface area (Å²) in [6.45, 7) is 0. The molecule has 0 saturated heterocycles. The molecule has 1 rings (SSSR count). The third-order valence-corrected chi connectivity index (χ3v) is 1.51. The SMILES string of the molecule is NC(=O)c1ccc(C(N)=O)cc1.O=CNO.[KH]. The topological polar surface area (TPSA) is 136 Å². The summed E-state index contributed by atoms with van der Waals surface area (Å²) in [6.07, 6.45) is 0.181. The first-order chi connectivity index (χ1) is 7.52. The number of nitrogens with two attached hydrogens (primary N) is 2. The number of benzene rings is 1. The molecule has 0 aromatic heterocycles. The molecule has 0 heterocycles. The van der Waals surface area contributed by atoms with Crippen molar-refractivity contribution in [2.45, 2.75) is 0 Å². The molecule has 0 bridgehead atoms. The number of carbonyl (C=O) groups excluding carboxylic acids is 3. The zero-order chi connectivity index (χ0) is 12.6. The fourth-order valence-electron chi connectivity index (χ4n) is 0.799. The molecule has 0 radical (unpaired) electrons. The second kappa shape index (κ2) is 10.4. The van der Waals surface area contributed by atoms with E-state index in [1.807, 2.05) is 0 Å². The van der Waals surface area contributed by atoms with Crippen molar-refractivity contribution in [2.24, 2.45) is 11.5 Å².